The predicted molar refractivity (Wildman–Crippen MR) is 305 cm³/mol. The molecule has 0 radical (unpaired) electrons. The number of benzene rings is 9. The summed E-state index contributed by atoms with van der Waals surface area (Å²) < 4.78 is 5.28. The van der Waals surface area contributed by atoms with Gasteiger partial charge in [0.25, 0.3) is 0 Å². The molecular formula is C54H44B8N2S. The van der Waals surface area contributed by atoms with E-state index in [1.807, 2.05) is 0 Å². The first kappa shape index (κ1) is 40.0. The van der Waals surface area contributed by atoms with Crippen molar-refractivity contribution >= 4 is 160 Å². The standard InChI is InChI=1S/C54H44B8N2S/c55-44-42-43-45(56)47(58)49(60)51(62)54(43)63(53(42)50(61)48(59)46(44)57)33-27-37-36-26-32(30-15-6-2-7-16-30)23-24-38(36)64-39-21-10-11-22-40(39)65(41(28-33)52(37)64,34-18-8-3-9-19-34)35-20-12-17-31(25-35)29-13-4-1-5-14-29/h1-28H,55-62H2. The first-order chi connectivity index (χ1) is 31.6. The third-order valence-corrected chi connectivity index (χ3v) is 19.3. The molecule has 0 spiro atoms. The van der Waals surface area contributed by atoms with Gasteiger partial charge in [-0.05, 0) is 93.7 Å². The molecule has 65 heavy (non-hydrogen) atoms. The molecule has 11 aromatic rings. The van der Waals surface area contributed by atoms with Gasteiger partial charge in [0.2, 0.25) is 0 Å². The molecule has 0 saturated carbocycles. The molecule has 2 nitrogen and oxygen atoms in total. The topological polar surface area (TPSA) is 9.86 Å². The Bertz CT molecular complexity index is 3730. The van der Waals surface area contributed by atoms with E-state index in [0.717, 1.165) is 0 Å². The summed E-state index contributed by atoms with van der Waals surface area (Å²) in [7, 11) is 16.6. The van der Waals surface area contributed by atoms with E-state index in [2.05, 4.69) is 242 Å². The highest BCUT2D eigenvalue weighted by atomic mass is 32.3. The molecule has 12 rings (SSSR count). The van der Waals surface area contributed by atoms with Crippen LogP contribution in [0.5, 0.6) is 0 Å². The maximum atomic E-state index is 2.68. The van der Waals surface area contributed by atoms with Gasteiger partial charge >= 0.3 is 0 Å². The van der Waals surface area contributed by atoms with Crippen molar-refractivity contribution in [1.82, 2.24) is 9.13 Å². The quantitative estimate of drug-likeness (QED) is 0.229. The molecule has 1 aliphatic rings. The normalized spacial score (nSPS) is 15.4. The summed E-state index contributed by atoms with van der Waals surface area (Å²) >= 11 is 0. The monoisotopic (exact) mass is 840 g/mol. The molecule has 11 heteroatoms. The van der Waals surface area contributed by atoms with Gasteiger partial charge in [0.05, 0.1) is 16.7 Å². The molecule has 0 N–H and O–H groups in total. The maximum Gasteiger partial charge on any atom is 0.141 e. The van der Waals surface area contributed by atoms with Crippen molar-refractivity contribution in [3.63, 3.8) is 0 Å². The van der Waals surface area contributed by atoms with Gasteiger partial charge in [-0.3, -0.25) is 0 Å². The molecule has 3 heterocycles. The van der Waals surface area contributed by atoms with E-state index < -0.39 is 10.0 Å². The van der Waals surface area contributed by atoms with Crippen molar-refractivity contribution in [3.8, 4) is 33.6 Å². The summed E-state index contributed by atoms with van der Waals surface area (Å²) in [5.41, 5.74) is 23.4. The summed E-state index contributed by atoms with van der Waals surface area (Å²) in [4.78, 5) is 5.38. The average Bonchev–Trinajstić information content (AvgIpc) is 3.89. The maximum absolute atomic E-state index is 2.68. The van der Waals surface area contributed by atoms with Crippen LogP contribution in [0.15, 0.2) is 189 Å². The second-order valence-corrected chi connectivity index (χ2v) is 21.4. The Morgan fingerprint density at radius 1 is 0.323 bits per heavy atom. The van der Waals surface area contributed by atoms with Crippen LogP contribution in [-0.4, -0.2) is 71.9 Å². The highest BCUT2D eigenvalue weighted by Crippen LogP contribution is 2.78. The molecule has 0 amide bonds. The Balaban J connectivity index is 1.34. The summed E-state index contributed by atoms with van der Waals surface area (Å²) in [6, 6.07) is 64.3. The van der Waals surface area contributed by atoms with Crippen molar-refractivity contribution < 1.29 is 0 Å². The molecule has 2 aromatic heterocycles. The average molecular weight is 840 g/mol. The Hall–Kier alpha value is -6.55. The number of hydrogen-bond donors (Lipinski definition) is 0. The largest absolute Gasteiger partial charge is 0.310 e. The fraction of sp³-hybridized carbons (Fsp3) is 0. The molecule has 9 aromatic carbocycles. The van der Waals surface area contributed by atoms with Crippen LogP contribution in [0.2, 0.25) is 0 Å². The zero-order valence-electron chi connectivity index (χ0n) is 38.5. The lowest BCUT2D eigenvalue weighted by Crippen LogP contribution is -2.49. The Morgan fingerprint density at radius 2 is 0.831 bits per heavy atom. The van der Waals surface area contributed by atoms with Gasteiger partial charge in [0, 0.05) is 47.1 Å². The smallest absolute Gasteiger partial charge is 0.141 e. The minimum absolute atomic E-state index is 1.21. The molecule has 1 aliphatic heterocycles. The van der Waals surface area contributed by atoms with E-state index in [1.165, 1.54) is 141 Å². The van der Waals surface area contributed by atoms with E-state index in [-0.39, 0.29) is 0 Å². The van der Waals surface area contributed by atoms with Crippen molar-refractivity contribution in [3.05, 3.63) is 170 Å². The van der Waals surface area contributed by atoms with Crippen LogP contribution in [0, 0.1) is 0 Å². The first-order valence-corrected chi connectivity index (χ1v) is 24.6. The van der Waals surface area contributed by atoms with E-state index >= 15 is 0 Å². The van der Waals surface area contributed by atoms with Gasteiger partial charge in [-0.1, -0.05) is 142 Å². The number of rotatable bonds is 5. The van der Waals surface area contributed by atoms with Crippen LogP contribution >= 0.6 is 10.0 Å². The van der Waals surface area contributed by atoms with Gasteiger partial charge < -0.3 is 9.13 Å². The van der Waals surface area contributed by atoms with Crippen molar-refractivity contribution in [2.45, 2.75) is 19.6 Å². The van der Waals surface area contributed by atoms with E-state index in [1.54, 1.807) is 0 Å². The van der Waals surface area contributed by atoms with Crippen LogP contribution in [0.4, 0.5) is 0 Å². The molecule has 0 saturated heterocycles. The van der Waals surface area contributed by atoms with Crippen molar-refractivity contribution in [1.29, 1.82) is 0 Å². The van der Waals surface area contributed by atoms with Crippen LogP contribution < -0.4 is 43.7 Å². The van der Waals surface area contributed by atoms with E-state index in [9.17, 15) is 0 Å². The van der Waals surface area contributed by atoms with Gasteiger partial charge in [-0.2, -0.15) is 0 Å². The molecule has 1 atom stereocenters. The van der Waals surface area contributed by atoms with Gasteiger partial charge in [-0.25, -0.2) is 0 Å². The minimum atomic E-state index is -2.14. The first-order valence-electron chi connectivity index (χ1n) is 22.9. The van der Waals surface area contributed by atoms with Gasteiger partial charge in [0.1, 0.15) is 62.8 Å². The fourth-order valence-corrected chi connectivity index (χ4v) is 15.7. The van der Waals surface area contributed by atoms with E-state index in [4.69, 9.17) is 0 Å². The molecular weight excluding hydrogens is 795 g/mol. The zero-order chi connectivity index (χ0) is 44.5. The van der Waals surface area contributed by atoms with Gasteiger partial charge in [-0.15, -0.1) is 21.0 Å². The molecule has 0 fully saturated rings. The third-order valence-electron chi connectivity index (χ3n) is 15.3. The Labute approximate surface area is 390 Å². The van der Waals surface area contributed by atoms with Crippen LogP contribution in [0.1, 0.15) is 0 Å². The molecule has 0 aliphatic carbocycles. The number of para-hydroxylation sites is 1. The summed E-state index contributed by atoms with van der Waals surface area (Å²) in [6.07, 6.45) is 0. The highest BCUT2D eigenvalue weighted by Gasteiger charge is 2.42. The lowest BCUT2D eigenvalue weighted by Gasteiger charge is -2.46. The lowest BCUT2D eigenvalue weighted by molar-refractivity contribution is 1.06. The highest BCUT2D eigenvalue weighted by molar-refractivity contribution is 8.34. The number of aromatic nitrogens is 2. The SMILES string of the molecule is Bc1c(B)c(B)c2c(c1B)c1c(B)c(B)c(B)c(B)c1n2-c1cc2c3c(c1)c1cc(-c4ccccc4)ccc1n3-c1ccccc1S2(c1ccccc1)c1cccc(-c2ccccc2)c1. The lowest BCUT2D eigenvalue weighted by atomic mass is 9.63. The number of fused-ring (bicyclic) bond motifs is 8. The molecule has 300 valence electrons. The van der Waals surface area contributed by atoms with Gasteiger partial charge in [0.15, 0.2) is 0 Å². The Morgan fingerprint density at radius 3 is 1.45 bits per heavy atom. The fourth-order valence-electron chi connectivity index (χ4n) is 11.4. The predicted octanol–water partition coefficient (Wildman–Crippen LogP) is 0.936. The van der Waals surface area contributed by atoms with Crippen molar-refractivity contribution in [2.75, 3.05) is 0 Å². The summed E-state index contributed by atoms with van der Waals surface area (Å²) in [5.74, 6) is 0. The van der Waals surface area contributed by atoms with Crippen LogP contribution in [0.3, 0.4) is 0 Å². The third kappa shape index (κ3) is 5.49. The summed E-state index contributed by atoms with van der Waals surface area (Å²) in [6.45, 7) is 0. The second kappa shape index (κ2) is 14.7. The molecule has 0 bridgehead atoms. The van der Waals surface area contributed by atoms with Crippen LogP contribution in [0.25, 0.3) is 77.2 Å². The zero-order valence-corrected chi connectivity index (χ0v) is 39.3. The van der Waals surface area contributed by atoms with E-state index in [0.29, 0.717) is 0 Å². The number of hydrogen-bond acceptors (Lipinski definition) is 0. The number of nitrogens with zero attached hydrogens (tertiary/aromatic N) is 2. The Kier molecular flexibility index (Phi) is 9.07. The minimum Gasteiger partial charge on any atom is -0.310 e. The van der Waals surface area contributed by atoms with Crippen molar-refractivity contribution in [2.24, 2.45) is 0 Å². The molecule has 1 unspecified atom stereocenters. The second-order valence-electron chi connectivity index (χ2n) is 18.3. The van der Waals surface area contributed by atoms with Crippen LogP contribution in [-0.2, 0) is 0 Å². The summed E-state index contributed by atoms with van der Waals surface area (Å²) in [5, 5.41) is 5.31.